The van der Waals surface area contributed by atoms with E-state index in [2.05, 4.69) is 5.32 Å². The number of alkyl halides is 3. The zero-order valence-corrected chi connectivity index (χ0v) is 7.27. The molecule has 1 saturated carbocycles. The van der Waals surface area contributed by atoms with E-state index in [-0.39, 0.29) is 6.04 Å². The lowest BCUT2D eigenvalue weighted by Crippen LogP contribution is -2.45. The molecular formula is C8H14F3NO. The fraction of sp³-hybridized carbons (Fsp3) is 1.00. The van der Waals surface area contributed by atoms with E-state index < -0.39 is 18.8 Å². The van der Waals surface area contributed by atoms with Crippen molar-refractivity contribution < 1.29 is 18.3 Å². The van der Waals surface area contributed by atoms with Crippen LogP contribution in [0.2, 0.25) is 0 Å². The smallest absolute Gasteiger partial charge is 0.392 e. The van der Waals surface area contributed by atoms with Crippen LogP contribution in [0.1, 0.15) is 25.7 Å². The van der Waals surface area contributed by atoms with Gasteiger partial charge in [-0.25, -0.2) is 0 Å². The monoisotopic (exact) mass is 197 g/mol. The van der Waals surface area contributed by atoms with Crippen LogP contribution in [0.15, 0.2) is 0 Å². The minimum absolute atomic E-state index is 0.379. The Kier molecular flexibility index (Phi) is 3.55. The summed E-state index contributed by atoms with van der Waals surface area (Å²) in [4.78, 5) is 0. The average Bonchev–Trinajstić information content (AvgIpc) is 2.01. The van der Waals surface area contributed by atoms with Gasteiger partial charge in [0, 0.05) is 6.04 Å². The molecule has 78 valence electrons. The number of rotatable bonds is 2. The molecule has 1 aliphatic carbocycles. The Labute approximate surface area is 75.1 Å². The third-order valence-electron chi connectivity index (χ3n) is 2.29. The van der Waals surface area contributed by atoms with Gasteiger partial charge in [0.2, 0.25) is 0 Å². The Morgan fingerprint density at radius 1 is 1.23 bits per heavy atom. The molecule has 2 atom stereocenters. The Bertz CT molecular complexity index is 160. The largest absolute Gasteiger partial charge is 0.401 e. The lowest BCUT2D eigenvalue weighted by molar-refractivity contribution is -0.128. The molecule has 2 N–H and O–H groups in total. The molecule has 2 unspecified atom stereocenters. The van der Waals surface area contributed by atoms with Crippen LogP contribution in [-0.2, 0) is 0 Å². The zero-order chi connectivity index (χ0) is 9.90. The van der Waals surface area contributed by atoms with Gasteiger partial charge in [-0.3, -0.25) is 0 Å². The van der Waals surface area contributed by atoms with Crippen molar-refractivity contribution in [2.24, 2.45) is 0 Å². The molecule has 0 aromatic carbocycles. The Balaban J connectivity index is 2.27. The van der Waals surface area contributed by atoms with Crippen molar-refractivity contribution in [3.63, 3.8) is 0 Å². The molecule has 0 heterocycles. The third-order valence-corrected chi connectivity index (χ3v) is 2.29. The number of aliphatic hydroxyl groups excluding tert-OH is 1. The van der Waals surface area contributed by atoms with Gasteiger partial charge < -0.3 is 10.4 Å². The zero-order valence-electron chi connectivity index (χ0n) is 7.27. The lowest BCUT2D eigenvalue weighted by atomic mass is 9.93. The highest BCUT2D eigenvalue weighted by molar-refractivity contribution is 4.80. The van der Waals surface area contributed by atoms with E-state index in [1.165, 1.54) is 0 Å². The highest BCUT2D eigenvalue weighted by Crippen LogP contribution is 2.20. The Morgan fingerprint density at radius 3 is 2.38 bits per heavy atom. The molecule has 0 amide bonds. The molecule has 0 aromatic rings. The molecule has 0 spiro atoms. The molecule has 0 aliphatic heterocycles. The summed E-state index contributed by atoms with van der Waals surface area (Å²) in [6.45, 7) is -1.01. The average molecular weight is 197 g/mol. The number of aliphatic hydroxyl groups is 1. The molecule has 1 rings (SSSR count). The molecule has 0 radical (unpaired) electrons. The van der Waals surface area contributed by atoms with Crippen LogP contribution in [0.25, 0.3) is 0 Å². The number of hydrogen-bond donors (Lipinski definition) is 2. The normalized spacial score (nSPS) is 30.5. The van der Waals surface area contributed by atoms with Crippen LogP contribution in [0.3, 0.4) is 0 Å². The second-order valence-corrected chi connectivity index (χ2v) is 3.45. The van der Waals surface area contributed by atoms with Gasteiger partial charge in [-0.15, -0.1) is 0 Å². The van der Waals surface area contributed by atoms with Gasteiger partial charge in [-0.2, -0.15) is 13.2 Å². The maximum absolute atomic E-state index is 11.8. The minimum Gasteiger partial charge on any atom is -0.392 e. The molecule has 5 heteroatoms. The molecule has 1 aliphatic rings. The van der Waals surface area contributed by atoms with Crippen molar-refractivity contribution in [1.82, 2.24) is 5.32 Å². The molecule has 13 heavy (non-hydrogen) atoms. The maximum Gasteiger partial charge on any atom is 0.401 e. The fourth-order valence-corrected chi connectivity index (χ4v) is 1.60. The standard InChI is InChI=1S/C8H14F3NO/c9-8(10,11)5-12-6-3-1-2-4-7(6)13/h6-7,12-13H,1-5H2. The van der Waals surface area contributed by atoms with E-state index in [1.807, 2.05) is 0 Å². The van der Waals surface area contributed by atoms with E-state index >= 15 is 0 Å². The first kappa shape index (κ1) is 10.8. The molecule has 0 bridgehead atoms. The van der Waals surface area contributed by atoms with Crippen molar-refractivity contribution in [3.05, 3.63) is 0 Å². The molecule has 1 fully saturated rings. The van der Waals surface area contributed by atoms with E-state index in [9.17, 15) is 18.3 Å². The summed E-state index contributed by atoms with van der Waals surface area (Å²) < 4.78 is 35.4. The van der Waals surface area contributed by atoms with Crippen LogP contribution >= 0.6 is 0 Å². The van der Waals surface area contributed by atoms with Crippen LogP contribution in [0.4, 0.5) is 13.2 Å². The van der Waals surface area contributed by atoms with Gasteiger partial charge in [-0.1, -0.05) is 12.8 Å². The number of halogens is 3. The summed E-state index contributed by atoms with van der Waals surface area (Å²) in [5.74, 6) is 0. The summed E-state index contributed by atoms with van der Waals surface area (Å²) in [5.41, 5.74) is 0. The number of hydrogen-bond acceptors (Lipinski definition) is 2. The van der Waals surface area contributed by atoms with Crippen molar-refractivity contribution in [1.29, 1.82) is 0 Å². The van der Waals surface area contributed by atoms with Gasteiger partial charge in [0.1, 0.15) is 0 Å². The SMILES string of the molecule is OC1CCCCC1NCC(F)(F)F. The molecular weight excluding hydrogens is 183 g/mol. The fourth-order valence-electron chi connectivity index (χ4n) is 1.60. The summed E-state index contributed by atoms with van der Waals surface area (Å²) >= 11 is 0. The first-order valence-corrected chi connectivity index (χ1v) is 4.47. The summed E-state index contributed by atoms with van der Waals surface area (Å²) in [5, 5.41) is 11.7. The Morgan fingerprint density at radius 2 is 1.85 bits per heavy atom. The third kappa shape index (κ3) is 3.95. The first-order valence-electron chi connectivity index (χ1n) is 4.47. The minimum atomic E-state index is -4.18. The van der Waals surface area contributed by atoms with Crippen molar-refractivity contribution >= 4 is 0 Å². The first-order chi connectivity index (χ1) is 5.99. The molecule has 0 saturated heterocycles. The van der Waals surface area contributed by atoms with Crippen LogP contribution < -0.4 is 5.32 Å². The van der Waals surface area contributed by atoms with Gasteiger partial charge in [0.15, 0.2) is 0 Å². The quantitative estimate of drug-likeness (QED) is 0.702. The predicted octanol–water partition coefficient (Wildman–Crippen LogP) is 1.44. The second-order valence-electron chi connectivity index (χ2n) is 3.45. The summed E-state index contributed by atoms with van der Waals surface area (Å²) in [6.07, 6.45) is -1.75. The highest BCUT2D eigenvalue weighted by Gasteiger charge is 2.30. The van der Waals surface area contributed by atoms with Gasteiger partial charge in [0.25, 0.3) is 0 Å². The predicted molar refractivity (Wildman–Crippen MR) is 42.3 cm³/mol. The van der Waals surface area contributed by atoms with Crippen molar-refractivity contribution in [2.75, 3.05) is 6.54 Å². The van der Waals surface area contributed by atoms with E-state index in [1.54, 1.807) is 0 Å². The second kappa shape index (κ2) is 4.28. The maximum atomic E-state index is 11.8. The molecule has 2 nitrogen and oxygen atoms in total. The van der Waals surface area contributed by atoms with Crippen LogP contribution in [-0.4, -0.2) is 30.0 Å². The van der Waals surface area contributed by atoms with Crippen molar-refractivity contribution in [2.45, 2.75) is 44.0 Å². The number of nitrogens with one attached hydrogen (secondary N) is 1. The van der Waals surface area contributed by atoms with Crippen molar-refractivity contribution in [3.8, 4) is 0 Å². The highest BCUT2D eigenvalue weighted by atomic mass is 19.4. The topological polar surface area (TPSA) is 32.3 Å². The Hall–Kier alpha value is -0.290. The molecule has 0 aromatic heterocycles. The van der Waals surface area contributed by atoms with Gasteiger partial charge in [-0.05, 0) is 12.8 Å². The summed E-state index contributed by atoms with van der Waals surface area (Å²) in [6, 6.07) is -0.379. The van der Waals surface area contributed by atoms with E-state index in [4.69, 9.17) is 0 Å². The van der Waals surface area contributed by atoms with E-state index in [0.29, 0.717) is 12.8 Å². The summed E-state index contributed by atoms with van der Waals surface area (Å²) in [7, 11) is 0. The van der Waals surface area contributed by atoms with Crippen LogP contribution in [0.5, 0.6) is 0 Å². The lowest BCUT2D eigenvalue weighted by Gasteiger charge is -2.28. The van der Waals surface area contributed by atoms with Crippen LogP contribution in [0, 0.1) is 0 Å². The van der Waals surface area contributed by atoms with Gasteiger partial charge >= 0.3 is 6.18 Å². The van der Waals surface area contributed by atoms with E-state index in [0.717, 1.165) is 12.8 Å². The van der Waals surface area contributed by atoms with Gasteiger partial charge in [0.05, 0.1) is 12.6 Å².